The molecule has 0 saturated carbocycles. The first-order valence-corrected chi connectivity index (χ1v) is 16.0. The average molecular weight is 604 g/mol. The van der Waals surface area contributed by atoms with E-state index in [2.05, 4.69) is 115 Å². The summed E-state index contributed by atoms with van der Waals surface area (Å²) in [5.74, 6) is 2.26. The van der Waals surface area contributed by atoms with Crippen LogP contribution in [0.4, 0.5) is 0 Å². The number of aromatic nitrogens is 3. The zero-order valence-corrected chi connectivity index (χ0v) is 25.5. The maximum atomic E-state index is 6.67. The second kappa shape index (κ2) is 11.3. The van der Waals surface area contributed by atoms with Crippen LogP contribution in [0.25, 0.3) is 72.2 Å². The molecule has 6 aromatic carbocycles. The van der Waals surface area contributed by atoms with Crippen LogP contribution < -0.4 is 0 Å². The molecule has 1 aliphatic carbocycles. The molecule has 0 radical (unpaired) electrons. The van der Waals surface area contributed by atoms with E-state index in [1.807, 2.05) is 42.5 Å². The normalized spacial score (nSPS) is 14.6. The number of allylic oxidation sites excluding steroid dienone is 4. The number of hydrogen-bond donors (Lipinski definition) is 0. The predicted octanol–water partition coefficient (Wildman–Crippen LogP) is 11.1. The minimum atomic E-state index is 0.330. The molecular weight excluding hydrogens is 574 g/mol. The molecule has 1 atom stereocenters. The highest BCUT2D eigenvalue weighted by atomic mass is 16.3. The Balaban J connectivity index is 1.21. The van der Waals surface area contributed by atoms with Gasteiger partial charge in [-0.1, -0.05) is 152 Å². The number of para-hydroxylation sites is 1. The number of rotatable bonds is 5. The lowest BCUT2D eigenvalue weighted by atomic mass is 9.90. The molecule has 0 fully saturated rings. The van der Waals surface area contributed by atoms with Crippen LogP contribution in [0.3, 0.4) is 0 Å². The Hall–Kier alpha value is -6.13. The second-order valence-electron chi connectivity index (χ2n) is 11.9. The first-order valence-electron chi connectivity index (χ1n) is 16.0. The molecule has 0 amide bonds. The maximum Gasteiger partial charge on any atom is 0.164 e. The quantitative estimate of drug-likeness (QED) is 0.196. The fourth-order valence-corrected chi connectivity index (χ4v) is 6.78. The molecule has 2 heterocycles. The molecule has 4 nitrogen and oxygen atoms in total. The summed E-state index contributed by atoms with van der Waals surface area (Å²) < 4.78 is 6.67. The standard InChI is InChI=1S/C43H29N3O/c1-3-12-28(13-4-1)29-24-26-32(27-25-29)42-44-41(31-15-5-2-6-16-31)45-43(46-42)37-22-11-23-38-39(37)36-21-10-20-35(40(36)47-38)34-19-9-17-30-14-7-8-18-33(30)34/h1-24,26-27,29H,25H2. The second-order valence-corrected chi connectivity index (χ2v) is 11.9. The lowest BCUT2D eigenvalue weighted by Crippen LogP contribution is -2.05. The van der Waals surface area contributed by atoms with E-state index in [1.54, 1.807) is 0 Å². The molecular formula is C43H29N3O. The Morgan fingerprint density at radius 2 is 1.19 bits per heavy atom. The molecule has 0 saturated heterocycles. The van der Waals surface area contributed by atoms with Gasteiger partial charge in [0, 0.05) is 39.0 Å². The summed E-state index contributed by atoms with van der Waals surface area (Å²) in [4.78, 5) is 15.2. The Bertz CT molecular complexity index is 2490. The third kappa shape index (κ3) is 4.82. The van der Waals surface area contributed by atoms with E-state index in [1.165, 1.54) is 16.3 Å². The lowest BCUT2D eigenvalue weighted by molar-refractivity contribution is 0.670. The van der Waals surface area contributed by atoms with Crippen molar-refractivity contribution < 1.29 is 4.42 Å². The van der Waals surface area contributed by atoms with E-state index in [4.69, 9.17) is 19.4 Å². The molecule has 1 aliphatic rings. The van der Waals surface area contributed by atoms with E-state index in [0.717, 1.165) is 56.2 Å². The smallest absolute Gasteiger partial charge is 0.164 e. The molecule has 0 aliphatic heterocycles. The number of fused-ring (bicyclic) bond motifs is 4. The number of benzene rings is 6. The molecule has 9 rings (SSSR count). The van der Waals surface area contributed by atoms with Crippen molar-refractivity contribution in [3.63, 3.8) is 0 Å². The van der Waals surface area contributed by atoms with Gasteiger partial charge in [0.1, 0.15) is 11.2 Å². The van der Waals surface area contributed by atoms with E-state index in [0.29, 0.717) is 23.4 Å². The van der Waals surface area contributed by atoms with Crippen LogP contribution in [0.1, 0.15) is 23.7 Å². The Morgan fingerprint density at radius 1 is 0.532 bits per heavy atom. The molecule has 2 aromatic heterocycles. The van der Waals surface area contributed by atoms with Gasteiger partial charge in [-0.25, -0.2) is 15.0 Å². The van der Waals surface area contributed by atoms with E-state index >= 15 is 0 Å². The van der Waals surface area contributed by atoms with E-state index < -0.39 is 0 Å². The van der Waals surface area contributed by atoms with Crippen molar-refractivity contribution in [2.45, 2.75) is 12.3 Å². The molecule has 8 aromatic rings. The third-order valence-corrected chi connectivity index (χ3v) is 9.10. The molecule has 4 heteroatoms. The van der Waals surface area contributed by atoms with Gasteiger partial charge >= 0.3 is 0 Å². The summed E-state index contributed by atoms with van der Waals surface area (Å²) in [5, 5.41) is 4.43. The first-order chi connectivity index (χ1) is 23.3. The number of nitrogens with zero attached hydrogens (tertiary/aromatic N) is 3. The molecule has 0 N–H and O–H groups in total. The highest BCUT2D eigenvalue weighted by molar-refractivity contribution is 6.16. The van der Waals surface area contributed by atoms with Crippen molar-refractivity contribution in [1.82, 2.24) is 15.0 Å². The van der Waals surface area contributed by atoms with Crippen LogP contribution in [0.2, 0.25) is 0 Å². The van der Waals surface area contributed by atoms with Crippen LogP contribution in [-0.2, 0) is 0 Å². The van der Waals surface area contributed by atoms with Gasteiger partial charge in [0.2, 0.25) is 0 Å². The Kier molecular flexibility index (Phi) is 6.57. The van der Waals surface area contributed by atoms with Crippen LogP contribution in [0.5, 0.6) is 0 Å². The fraction of sp³-hybridized carbons (Fsp3) is 0.0465. The Morgan fingerprint density at radius 3 is 2.04 bits per heavy atom. The van der Waals surface area contributed by atoms with Gasteiger partial charge in [-0.15, -0.1) is 0 Å². The van der Waals surface area contributed by atoms with Gasteiger partial charge in [0.25, 0.3) is 0 Å². The molecule has 0 spiro atoms. The first kappa shape index (κ1) is 27.2. The summed E-state index contributed by atoms with van der Waals surface area (Å²) in [6.45, 7) is 0. The number of hydrogen-bond acceptors (Lipinski definition) is 4. The van der Waals surface area contributed by atoms with Crippen molar-refractivity contribution in [3.8, 4) is 33.9 Å². The van der Waals surface area contributed by atoms with Crippen molar-refractivity contribution in [1.29, 1.82) is 0 Å². The zero-order chi connectivity index (χ0) is 31.2. The summed E-state index contributed by atoms with van der Waals surface area (Å²) in [6.07, 6.45) is 7.54. The highest BCUT2D eigenvalue weighted by Gasteiger charge is 2.21. The minimum Gasteiger partial charge on any atom is -0.455 e. The third-order valence-electron chi connectivity index (χ3n) is 9.10. The zero-order valence-electron chi connectivity index (χ0n) is 25.5. The van der Waals surface area contributed by atoms with E-state index in [-0.39, 0.29) is 0 Å². The predicted molar refractivity (Wildman–Crippen MR) is 192 cm³/mol. The van der Waals surface area contributed by atoms with E-state index in [9.17, 15) is 0 Å². The summed E-state index contributed by atoms with van der Waals surface area (Å²) in [6, 6.07) is 48.2. The largest absolute Gasteiger partial charge is 0.455 e. The minimum absolute atomic E-state index is 0.330. The fourth-order valence-electron chi connectivity index (χ4n) is 6.78. The summed E-state index contributed by atoms with van der Waals surface area (Å²) in [7, 11) is 0. The van der Waals surface area contributed by atoms with Gasteiger partial charge in [-0.3, -0.25) is 0 Å². The summed E-state index contributed by atoms with van der Waals surface area (Å²) in [5.41, 5.74) is 8.04. The molecule has 0 bridgehead atoms. The van der Waals surface area contributed by atoms with Crippen LogP contribution in [0.15, 0.2) is 162 Å². The molecule has 222 valence electrons. The van der Waals surface area contributed by atoms with Crippen LogP contribution >= 0.6 is 0 Å². The van der Waals surface area contributed by atoms with Crippen molar-refractivity contribution in [2.24, 2.45) is 0 Å². The maximum absolute atomic E-state index is 6.67. The van der Waals surface area contributed by atoms with Crippen molar-refractivity contribution in [2.75, 3.05) is 0 Å². The van der Waals surface area contributed by atoms with Crippen LogP contribution in [0, 0.1) is 0 Å². The molecule has 47 heavy (non-hydrogen) atoms. The van der Waals surface area contributed by atoms with Crippen LogP contribution in [-0.4, -0.2) is 15.0 Å². The summed E-state index contributed by atoms with van der Waals surface area (Å²) >= 11 is 0. The van der Waals surface area contributed by atoms with Gasteiger partial charge in [0.15, 0.2) is 17.5 Å². The molecule has 1 unspecified atom stereocenters. The van der Waals surface area contributed by atoms with Crippen molar-refractivity contribution in [3.05, 3.63) is 169 Å². The monoisotopic (exact) mass is 603 g/mol. The Labute approximate surface area is 272 Å². The average Bonchev–Trinajstić information content (AvgIpc) is 3.55. The highest BCUT2D eigenvalue weighted by Crippen LogP contribution is 2.42. The van der Waals surface area contributed by atoms with Crippen molar-refractivity contribution >= 4 is 38.3 Å². The van der Waals surface area contributed by atoms with Gasteiger partial charge in [-0.2, -0.15) is 0 Å². The van der Waals surface area contributed by atoms with Gasteiger partial charge in [-0.05, 0) is 34.4 Å². The van der Waals surface area contributed by atoms with Gasteiger partial charge in [0.05, 0.1) is 0 Å². The topological polar surface area (TPSA) is 51.8 Å². The SMILES string of the molecule is C1=CC(c2ccccc2)CC=C1c1nc(-c2ccccc2)nc(-c2cccc3oc4c(-c5cccc6ccccc56)cccc4c23)n1. The number of furan rings is 1. The van der Waals surface area contributed by atoms with Gasteiger partial charge < -0.3 is 4.42 Å². The lowest BCUT2D eigenvalue weighted by Gasteiger charge is -2.17.